The number of nitrogens with two attached hydrogens (primary N) is 4. The van der Waals surface area contributed by atoms with Gasteiger partial charge in [0.1, 0.15) is 22.9 Å². The lowest BCUT2D eigenvalue weighted by Gasteiger charge is -2.42. The van der Waals surface area contributed by atoms with Gasteiger partial charge >= 0.3 is 12.7 Å². The highest BCUT2D eigenvalue weighted by Gasteiger charge is 2.60. The van der Waals surface area contributed by atoms with Crippen molar-refractivity contribution >= 4 is 31.6 Å². The highest BCUT2D eigenvalue weighted by Crippen LogP contribution is 2.54. The van der Waals surface area contributed by atoms with Gasteiger partial charge in [-0.25, -0.2) is 11.0 Å². The average Bonchev–Trinajstić information content (AvgIpc) is 3.14. The zero-order valence-electron chi connectivity index (χ0n) is 30.8. The molecule has 4 atom stereocenters. The molecule has 0 radical (unpaired) electrons. The smallest absolute Gasteiger partial charge is 0.405 e. The summed E-state index contributed by atoms with van der Waals surface area (Å²) in [6.07, 6.45) is -11.2. The fraction of sp³-hybridized carbons (Fsp3) is 0.176. The van der Waals surface area contributed by atoms with Gasteiger partial charge in [-0.15, -0.1) is 26.3 Å². The Morgan fingerprint density at radius 2 is 0.966 bits per heavy atom. The third-order valence-corrected chi connectivity index (χ3v) is 12.8. The number of fused-ring (bicyclic) bond motifs is 2. The third-order valence-electron chi connectivity index (χ3n) is 9.83. The molecule has 2 aliphatic carbocycles. The third kappa shape index (κ3) is 6.33. The van der Waals surface area contributed by atoms with E-state index in [9.17, 15) is 52.3 Å². The van der Waals surface area contributed by atoms with Crippen LogP contribution in [0.1, 0.15) is 33.4 Å². The monoisotopic (exact) mass is 854 g/mol. The molecule has 0 saturated carbocycles. The van der Waals surface area contributed by atoms with E-state index in [0.29, 0.717) is 24.3 Å². The number of ether oxygens (including phenoxy) is 2. The van der Waals surface area contributed by atoms with E-state index < -0.39 is 111 Å². The van der Waals surface area contributed by atoms with E-state index in [1.165, 1.54) is 36.4 Å². The van der Waals surface area contributed by atoms with Crippen LogP contribution in [0.25, 0.3) is 22.5 Å². The number of hydrogen-bond donors (Lipinski definition) is 8. The summed E-state index contributed by atoms with van der Waals surface area (Å²) in [6, 6.07) is 9.67. The first-order valence-electron chi connectivity index (χ1n) is 16.9. The Morgan fingerprint density at radius 1 is 0.621 bits per heavy atom. The van der Waals surface area contributed by atoms with Gasteiger partial charge in [-0.3, -0.25) is 9.11 Å². The SMILES string of the molecule is [H]/N=N/C1=C(N)c2ccccc2C(c2ccc(-c3ccc(C4(S(=O)(=O)O)c5ccccc5C(N)=C(/N=N/[H])C4N)c(OC(F)(F)F)c3)cc2OC(F)(F)F)(S(=O)(=O)O)C1N. The van der Waals surface area contributed by atoms with E-state index in [0.717, 1.165) is 24.3 Å². The summed E-state index contributed by atoms with van der Waals surface area (Å²) in [5.41, 5.74) is 24.5. The lowest BCUT2D eigenvalue weighted by atomic mass is 9.74. The fourth-order valence-corrected chi connectivity index (χ4v) is 10.3. The van der Waals surface area contributed by atoms with Gasteiger partial charge in [0.2, 0.25) is 2.82 Å². The number of hydrogen-bond acceptors (Lipinski definition) is 14. The first-order chi connectivity index (χ1) is 27.9. The van der Waals surface area contributed by atoms with Gasteiger partial charge in [-0.05, 0) is 34.4 Å². The molecule has 0 bridgehead atoms. The van der Waals surface area contributed by atoms with Gasteiger partial charge < -0.3 is 32.4 Å². The van der Waals surface area contributed by atoms with E-state index in [1.54, 1.807) is 0 Å². The van der Waals surface area contributed by atoms with Gasteiger partial charge in [0.25, 0.3) is 20.2 Å². The minimum Gasteiger partial charge on any atom is -0.405 e. The Kier molecular flexibility index (Phi) is 9.31. The largest absolute Gasteiger partial charge is 0.573 e. The van der Waals surface area contributed by atoms with E-state index in [1.807, 2.05) is 0 Å². The van der Waals surface area contributed by atoms with Crippen LogP contribution < -0.4 is 32.4 Å². The first-order valence-corrected chi connectivity index (χ1v) is 18.9. The van der Waals surface area contributed by atoms with Gasteiger partial charge in [0.15, 0.2) is 9.49 Å². The lowest BCUT2D eigenvalue weighted by molar-refractivity contribution is -0.276. The number of halogens is 6. The maximum atomic E-state index is 14.2. The molecule has 306 valence electrons. The van der Waals surface area contributed by atoms with Crippen LogP contribution in [0.4, 0.5) is 26.3 Å². The van der Waals surface area contributed by atoms with Crippen LogP contribution in [0.3, 0.4) is 0 Å². The molecule has 6 rings (SSSR count). The van der Waals surface area contributed by atoms with Crippen molar-refractivity contribution in [1.29, 1.82) is 11.0 Å². The molecule has 2 aliphatic rings. The quantitative estimate of drug-likeness (QED) is 0.0595. The lowest BCUT2D eigenvalue weighted by Crippen LogP contribution is -2.55. The molecule has 0 saturated heterocycles. The van der Waals surface area contributed by atoms with E-state index >= 15 is 0 Å². The number of nitrogens with zero attached hydrogens (tertiary/aromatic N) is 2. The van der Waals surface area contributed by atoms with E-state index in [2.05, 4.69) is 30.8 Å². The summed E-state index contributed by atoms with van der Waals surface area (Å²) in [6.45, 7) is 0. The Morgan fingerprint density at radius 3 is 1.28 bits per heavy atom. The van der Waals surface area contributed by atoms with Crippen molar-refractivity contribution in [2.45, 2.75) is 34.3 Å². The number of alkyl halides is 6. The van der Waals surface area contributed by atoms with Crippen molar-refractivity contribution in [3.63, 3.8) is 0 Å². The van der Waals surface area contributed by atoms with Crippen LogP contribution in [0.2, 0.25) is 2.82 Å². The van der Waals surface area contributed by atoms with Crippen molar-refractivity contribution in [3.05, 3.63) is 130 Å². The van der Waals surface area contributed by atoms with Crippen LogP contribution in [-0.2, 0) is 29.7 Å². The van der Waals surface area contributed by atoms with Crippen LogP contribution >= 0.6 is 0 Å². The van der Waals surface area contributed by atoms with Crippen molar-refractivity contribution in [2.75, 3.05) is 0 Å². The van der Waals surface area contributed by atoms with Crippen molar-refractivity contribution in [1.82, 2.24) is 0 Å². The summed E-state index contributed by atoms with van der Waals surface area (Å²) in [7, 11) is -11.5. The summed E-state index contributed by atoms with van der Waals surface area (Å²) in [5, 5.41) is 6.94. The maximum Gasteiger partial charge on any atom is 0.573 e. The Labute approximate surface area is 326 Å². The Hall–Kier alpha value is -5.92. The molecule has 12 N–H and O–H groups in total. The average molecular weight is 855 g/mol. The van der Waals surface area contributed by atoms with Crippen molar-refractivity contribution in [2.24, 2.45) is 33.2 Å². The van der Waals surface area contributed by atoms with E-state index in [-0.39, 0.29) is 22.5 Å². The van der Waals surface area contributed by atoms with Crippen molar-refractivity contribution in [3.8, 4) is 22.6 Å². The first kappa shape index (κ1) is 38.9. The molecule has 4 aromatic carbocycles. The minimum atomic E-state index is -5.74. The van der Waals surface area contributed by atoms with Gasteiger partial charge in [0.05, 0.1) is 23.5 Å². The highest BCUT2D eigenvalue weighted by molar-refractivity contribution is 7.87. The number of nitrogens with one attached hydrogen (secondary N) is 2. The summed E-state index contributed by atoms with van der Waals surface area (Å²) in [4.78, 5) is 0. The molecule has 24 heteroatoms. The molecular formula is C34H28F6N8O8S2. The standard InChI is InChI=1S/C34H28F6N8O8S2/c35-33(36,37)55-23-13-15(9-11-21(23)31(57(49,50)51)19-7-3-1-5-17(19)25(41)27(47-45)29(31)43)16-10-12-22(24(14-16)56-34(38,39)40)32(58(52,53)54)20-8-4-2-6-18(20)26(42)28(48-46)30(32)44/h1-14,29-30,45-46H,41-44H2,(H,49,50,51)(H,52,53,54)/b47-45+,48-46+. The molecule has 0 fully saturated rings. The molecule has 0 amide bonds. The second-order valence-corrected chi connectivity index (χ2v) is 16.0. The molecule has 0 spiro atoms. The fourth-order valence-electron chi connectivity index (χ4n) is 7.58. The molecule has 0 aromatic heterocycles. The Bertz CT molecular complexity index is 2590. The predicted molar refractivity (Wildman–Crippen MR) is 191 cm³/mol. The van der Waals surface area contributed by atoms with Gasteiger partial charge in [0, 0.05) is 22.3 Å². The summed E-state index contributed by atoms with van der Waals surface area (Å²) >= 11 is 0. The zero-order chi connectivity index (χ0) is 44.4. The second kappa shape index (κ2) is 13.9. The number of benzene rings is 4. The number of rotatable bonds is 9. The summed E-state index contributed by atoms with van der Waals surface area (Å²) < 4.78 is 178. The molecular weight excluding hydrogens is 827 g/mol. The molecule has 0 aliphatic heterocycles. The molecule has 58 heavy (non-hydrogen) atoms. The van der Waals surface area contributed by atoms with Crippen LogP contribution in [0, 0.1) is 11.0 Å². The minimum absolute atomic E-state index is 0.204. The molecule has 4 aromatic rings. The van der Waals surface area contributed by atoms with Crippen LogP contribution in [0.5, 0.6) is 11.5 Å². The Balaban J connectivity index is 1.68. The molecule has 0 heterocycles. The maximum absolute atomic E-state index is 14.2. The normalized spacial score (nSPS) is 23.4. The molecule has 4 unspecified atom stereocenters. The van der Waals surface area contributed by atoms with Gasteiger partial charge in [-0.2, -0.15) is 27.1 Å². The topological polar surface area (TPSA) is 304 Å². The molecule has 16 nitrogen and oxygen atoms in total. The highest BCUT2D eigenvalue weighted by atomic mass is 32.2. The van der Waals surface area contributed by atoms with E-state index in [4.69, 9.17) is 25.8 Å². The van der Waals surface area contributed by atoms with Crippen molar-refractivity contribution < 1.29 is 64.6 Å². The predicted octanol–water partition coefficient (Wildman–Crippen LogP) is 5.41. The van der Waals surface area contributed by atoms with Gasteiger partial charge in [-0.1, -0.05) is 72.8 Å². The second-order valence-electron chi connectivity index (χ2n) is 12.8. The zero-order valence-corrected chi connectivity index (χ0v) is 30.4. The van der Waals surface area contributed by atoms with Crippen LogP contribution in [-0.4, -0.2) is 50.7 Å². The van der Waals surface area contributed by atoms with Crippen LogP contribution in [0.15, 0.2) is 107 Å². The summed E-state index contributed by atoms with van der Waals surface area (Å²) in [5.74, 6) is -2.76.